The van der Waals surface area contributed by atoms with Crippen molar-refractivity contribution in [3.8, 4) is 11.8 Å². The topological polar surface area (TPSA) is 99.4 Å². The number of methoxy groups -OCH3 is 1. The van der Waals surface area contributed by atoms with E-state index in [0.29, 0.717) is 24.7 Å². The van der Waals surface area contributed by atoms with Crippen LogP contribution in [0.3, 0.4) is 0 Å². The highest BCUT2D eigenvalue weighted by molar-refractivity contribution is 7.89. The lowest BCUT2D eigenvalue weighted by atomic mass is 10.1. The molecule has 1 unspecified atom stereocenters. The van der Waals surface area contributed by atoms with Crippen molar-refractivity contribution in [3.05, 3.63) is 24.7 Å². The van der Waals surface area contributed by atoms with E-state index >= 15 is 0 Å². The van der Waals surface area contributed by atoms with Crippen LogP contribution in [0.2, 0.25) is 0 Å². The van der Waals surface area contributed by atoms with Gasteiger partial charge in [-0.25, -0.2) is 13.4 Å². The van der Waals surface area contributed by atoms with Crippen molar-refractivity contribution in [3.63, 3.8) is 0 Å². The van der Waals surface area contributed by atoms with Crippen LogP contribution in [0.4, 0.5) is 0 Å². The number of ether oxygens (including phenoxy) is 2. The summed E-state index contributed by atoms with van der Waals surface area (Å²) in [5.74, 6) is 0.739. The van der Waals surface area contributed by atoms with Gasteiger partial charge >= 0.3 is 0 Å². The first kappa shape index (κ1) is 16.7. The van der Waals surface area contributed by atoms with Gasteiger partial charge in [-0.3, -0.25) is 0 Å². The summed E-state index contributed by atoms with van der Waals surface area (Å²) in [7, 11) is -0.373. The minimum Gasteiger partial charge on any atom is -0.480 e. The second-order valence-corrected chi connectivity index (χ2v) is 7.42. The van der Waals surface area contributed by atoms with Gasteiger partial charge in [0, 0.05) is 31.9 Å². The minimum absolute atomic E-state index is 0.0508. The van der Waals surface area contributed by atoms with Crippen LogP contribution in [-0.4, -0.2) is 58.8 Å². The van der Waals surface area contributed by atoms with E-state index in [1.165, 1.54) is 23.9 Å². The molecule has 0 N–H and O–H groups in total. The average Bonchev–Trinajstić information content (AvgIpc) is 3.03. The Balaban J connectivity index is 1.69. The van der Waals surface area contributed by atoms with E-state index in [1.54, 1.807) is 23.7 Å². The largest absolute Gasteiger partial charge is 0.480 e. The number of nitrogens with zero attached hydrogens (tertiary/aromatic N) is 5. The number of aryl methyl sites for hydroxylation is 1. The van der Waals surface area contributed by atoms with Crippen LogP contribution in [0.5, 0.6) is 11.8 Å². The maximum atomic E-state index is 12.6. The number of aromatic nitrogens is 4. The summed E-state index contributed by atoms with van der Waals surface area (Å²) in [6, 6.07) is 3.30. The summed E-state index contributed by atoms with van der Waals surface area (Å²) in [4.78, 5) is 3.95. The molecular formula is C14H19N5O4S. The third kappa shape index (κ3) is 3.49. The number of piperidine rings is 1. The van der Waals surface area contributed by atoms with Crippen molar-refractivity contribution in [2.75, 3.05) is 20.2 Å². The molecule has 2 aromatic heterocycles. The Morgan fingerprint density at radius 3 is 2.62 bits per heavy atom. The molecule has 0 saturated carbocycles. The van der Waals surface area contributed by atoms with Gasteiger partial charge in [-0.1, -0.05) is 0 Å². The fraction of sp³-hybridized carbons (Fsp3) is 0.500. The molecule has 0 bridgehead atoms. The molecule has 0 spiro atoms. The highest BCUT2D eigenvalue weighted by Gasteiger charge is 2.32. The Morgan fingerprint density at radius 1 is 1.25 bits per heavy atom. The summed E-state index contributed by atoms with van der Waals surface area (Å²) in [6.07, 6.45) is 4.15. The monoisotopic (exact) mass is 353 g/mol. The molecule has 3 rings (SSSR count). The third-order valence-electron chi connectivity index (χ3n) is 3.74. The zero-order valence-electron chi connectivity index (χ0n) is 13.5. The Bertz CT molecular complexity index is 790. The first-order valence-corrected chi connectivity index (χ1v) is 8.95. The van der Waals surface area contributed by atoms with Crippen molar-refractivity contribution in [2.45, 2.75) is 24.0 Å². The SMILES string of the molecule is COc1ccc(OC2CCCN(S(=O)(=O)c3cn(C)cn3)C2)nn1. The van der Waals surface area contributed by atoms with E-state index < -0.39 is 10.0 Å². The quantitative estimate of drug-likeness (QED) is 0.769. The maximum Gasteiger partial charge on any atom is 0.262 e. The van der Waals surface area contributed by atoms with Gasteiger partial charge in [0.2, 0.25) is 11.8 Å². The zero-order valence-corrected chi connectivity index (χ0v) is 14.3. The molecule has 130 valence electrons. The number of hydrogen-bond donors (Lipinski definition) is 0. The molecule has 9 nitrogen and oxygen atoms in total. The summed E-state index contributed by atoms with van der Waals surface area (Å²) in [6.45, 7) is 0.708. The van der Waals surface area contributed by atoms with Crippen LogP contribution >= 0.6 is 0 Å². The third-order valence-corrected chi connectivity index (χ3v) is 5.49. The summed E-state index contributed by atoms with van der Waals surface area (Å²) >= 11 is 0. The minimum atomic E-state index is -3.61. The number of rotatable bonds is 5. The first-order chi connectivity index (χ1) is 11.5. The predicted octanol–water partition coefficient (Wildman–Crippen LogP) is 0.451. The van der Waals surface area contributed by atoms with Crippen LogP contribution in [0.1, 0.15) is 12.8 Å². The molecule has 0 aromatic carbocycles. The number of sulfonamides is 1. The van der Waals surface area contributed by atoms with E-state index in [0.717, 1.165) is 6.42 Å². The Kier molecular flexibility index (Phi) is 4.67. The highest BCUT2D eigenvalue weighted by Crippen LogP contribution is 2.22. The van der Waals surface area contributed by atoms with Crippen molar-refractivity contribution in [1.82, 2.24) is 24.1 Å². The lowest BCUT2D eigenvalue weighted by Crippen LogP contribution is -2.44. The van der Waals surface area contributed by atoms with Crippen molar-refractivity contribution < 1.29 is 17.9 Å². The van der Waals surface area contributed by atoms with E-state index in [1.807, 2.05) is 0 Å². The Labute approximate surface area is 140 Å². The van der Waals surface area contributed by atoms with E-state index in [-0.39, 0.29) is 17.7 Å². The van der Waals surface area contributed by atoms with Gasteiger partial charge < -0.3 is 14.0 Å². The lowest BCUT2D eigenvalue weighted by molar-refractivity contribution is 0.123. The zero-order chi connectivity index (χ0) is 17.2. The van der Waals surface area contributed by atoms with E-state index in [9.17, 15) is 8.42 Å². The molecule has 1 aliphatic rings. The second kappa shape index (κ2) is 6.73. The first-order valence-electron chi connectivity index (χ1n) is 7.51. The van der Waals surface area contributed by atoms with Gasteiger partial charge in [0.15, 0.2) is 5.03 Å². The van der Waals surface area contributed by atoms with Gasteiger partial charge in [0.1, 0.15) is 6.10 Å². The molecule has 1 fully saturated rings. The molecule has 10 heteroatoms. The summed E-state index contributed by atoms with van der Waals surface area (Å²) in [5, 5.41) is 7.80. The van der Waals surface area contributed by atoms with Gasteiger partial charge in [-0.2, -0.15) is 4.31 Å². The fourth-order valence-electron chi connectivity index (χ4n) is 2.52. The number of hydrogen-bond acceptors (Lipinski definition) is 7. The molecule has 1 atom stereocenters. The highest BCUT2D eigenvalue weighted by atomic mass is 32.2. The van der Waals surface area contributed by atoms with Crippen LogP contribution in [0.15, 0.2) is 29.7 Å². The smallest absolute Gasteiger partial charge is 0.262 e. The molecular weight excluding hydrogens is 334 g/mol. The maximum absolute atomic E-state index is 12.6. The standard InChI is InChI=1S/C14H19N5O4S/c1-18-9-14(15-10-18)24(20,21)19-7-3-4-11(8-19)23-13-6-5-12(22-2)16-17-13/h5-6,9-11H,3-4,7-8H2,1-2H3. The average molecular weight is 353 g/mol. The van der Waals surface area contributed by atoms with Crippen LogP contribution < -0.4 is 9.47 Å². The molecule has 1 aliphatic heterocycles. The predicted molar refractivity (Wildman–Crippen MR) is 84.2 cm³/mol. The van der Waals surface area contributed by atoms with Crippen LogP contribution in [-0.2, 0) is 17.1 Å². The van der Waals surface area contributed by atoms with Gasteiger partial charge in [0.05, 0.1) is 20.0 Å². The molecule has 0 aliphatic carbocycles. The molecule has 0 amide bonds. The normalized spacial score (nSPS) is 19.2. The molecule has 0 radical (unpaired) electrons. The molecule has 1 saturated heterocycles. The van der Waals surface area contributed by atoms with E-state index in [4.69, 9.17) is 9.47 Å². The molecule has 2 aromatic rings. The Hall–Kier alpha value is -2.20. The fourth-order valence-corrected chi connectivity index (χ4v) is 4.00. The van der Waals surface area contributed by atoms with Crippen molar-refractivity contribution >= 4 is 10.0 Å². The lowest BCUT2D eigenvalue weighted by Gasteiger charge is -2.31. The summed E-state index contributed by atoms with van der Waals surface area (Å²) in [5.41, 5.74) is 0. The number of imidazole rings is 1. The second-order valence-electron chi connectivity index (χ2n) is 5.54. The van der Waals surface area contributed by atoms with Crippen LogP contribution in [0.25, 0.3) is 0 Å². The van der Waals surface area contributed by atoms with Gasteiger partial charge in [-0.05, 0) is 12.8 Å². The van der Waals surface area contributed by atoms with Gasteiger partial charge in [-0.15, -0.1) is 10.2 Å². The summed E-state index contributed by atoms with van der Waals surface area (Å²) < 4.78 is 39.0. The van der Waals surface area contributed by atoms with E-state index in [2.05, 4.69) is 15.2 Å². The van der Waals surface area contributed by atoms with Crippen molar-refractivity contribution in [2.24, 2.45) is 7.05 Å². The van der Waals surface area contributed by atoms with Crippen LogP contribution in [0, 0.1) is 0 Å². The molecule has 24 heavy (non-hydrogen) atoms. The molecule has 3 heterocycles. The van der Waals surface area contributed by atoms with Gasteiger partial charge in [0.25, 0.3) is 10.0 Å². The Morgan fingerprint density at radius 2 is 2.00 bits per heavy atom. The van der Waals surface area contributed by atoms with Crippen molar-refractivity contribution in [1.29, 1.82) is 0 Å².